The van der Waals surface area contributed by atoms with Crippen LogP contribution in [-0.4, -0.2) is 32.6 Å². The molecule has 4 aromatic rings. The number of amides is 3. The van der Waals surface area contributed by atoms with E-state index in [0.29, 0.717) is 17.0 Å². The summed E-state index contributed by atoms with van der Waals surface area (Å²) in [6, 6.07) is 17.8. The second-order valence-electron chi connectivity index (χ2n) is 9.92. The molecule has 9 nitrogen and oxygen atoms in total. The van der Waals surface area contributed by atoms with Crippen molar-refractivity contribution < 1.29 is 22.8 Å². The minimum atomic E-state index is -4.53. The van der Waals surface area contributed by atoms with Crippen LogP contribution in [0.5, 0.6) is 0 Å². The maximum absolute atomic E-state index is 13.2. The number of hydrogen-bond donors (Lipinski definition) is 4. The Balaban J connectivity index is 1.37. The van der Waals surface area contributed by atoms with Crippen molar-refractivity contribution in [2.45, 2.75) is 50.2 Å². The first-order valence-electron chi connectivity index (χ1n) is 13.3. The number of tetrazole rings is 1. The predicted octanol–water partition coefficient (Wildman–Crippen LogP) is 6.43. The molecular weight excluding hydrogens is 535 g/mol. The lowest BCUT2D eigenvalue weighted by Gasteiger charge is -2.24. The van der Waals surface area contributed by atoms with E-state index in [4.69, 9.17) is 0 Å². The number of urea groups is 1. The zero-order chi connectivity index (χ0) is 28.8. The van der Waals surface area contributed by atoms with E-state index >= 15 is 0 Å². The van der Waals surface area contributed by atoms with Crippen LogP contribution in [0.15, 0.2) is 72.8 Å². The van der Waals surface area contributed by atoms with Crippen molar-refractivity contribution in [1.29, 1.82) is 0 Å². The predicted molar refractivity (Wildman–Crippen MR) is 146 cm³/mol. The van der Waals surface area contributed by atoms with Crippen LogP contribution < -0.4 is 16.0 Å². The smallest absolute Gasteiger partial charge is 0.327 e. The second kappa shape index (κ2) is 12.2. The number of hydrogen-bond acceptors (Lipinski definition) is 5. The number of alkyl halides is 3. The van der Waals surface area contributed by atoms with Gasteiger partial charge in [-0.25, -0.2) is 4.79 Å². The lowest BCUT2D eigenvalue weighted by Crippen LogP contribution is -2.33. The number of rotatable bonds is 7. The van der Waals surface area contributed by atoms with Crippen molar-refractivity contribution in [1.82, 2.24) is 25.9 Å². The molecule has 0 saturated heterocycles. The van der Waals surface area contributed by atoms with Crippen LogP contribution in [0.2, 0.25) is 0 Å². The summed E-state index contributed by atoms with van der Waals surface area (Å²) in [5.74, 6) is 0.0925. The number of aromatic amines is 1. The minimum absolute atomic E-state index is 0.0113. The molecule has 1 heterocycles. The Morgan fingerprint density at radius 3 is 2.20 bits per heavy atom. The SMILES string of the molecule is O=C(Nc1cccc(C(F)(F)F)c1)NC(c1ccc(C(=O)Nc2nn[nH]n2)cc1)c1ccc(C2CCCCC2)cc1. The molecule has 1 aromatic heterocycles. The molecule has 3 aromatic carbocycles. The molecule has 0 spiro atoms. The van der Waals surface area contributed by atoms with Crippen LogP contribution >= 0.6 is 0 Å². The molecule has 5 rings (SSSR count). The molecule has 1 atom stereocenters. The third kappa shape index (κ3) is 7.07. The average Bonchev–Trinajstić information content (AvgIpc) is 3.49. The Morgan fingerprint density at radius 2 is 1.56 bits per heavy atom. The molecule has 3 amide bonds. The number of nitrogens with one attached hydrogen (secondary N) is 4. The van der Waals surface area contributed by atoms with Gasteiger partial charge in [0.25, 0.3) is 11.9 Å². The van der Waals surface area contributed by atoms with E-state index in [1.807, 2.05) is 12.1 Å². The quantitative estimate of drug-likeness (QED) is 0.206. The van der Waals surface area contributed by atoms with Gasteiger partial charge in [-0.1, -0.05) is 66.8 Å². The molecule has 4 N–H and O–H groups in total. The van der Waals surface area contributed by atoms with Crippen molar-refractivity contribution in [2.75, 3.05) is 10.6 Å². The highest BCUT2D eigenvalue weighted by Gasteiger charge is 2.30. The molecule has 0 bridgehead atoms. The number of benzene rings is 3. The summed E-state index contributed by atoms with van der Waals surface area (Å²) >= 11 is 0. The molecule has 12 heteroatoms. The number of nitrogens with zero attached hydrogens (tertiary/aromatic N) is 3. The van der Waals surface area contributed by atoms with E-state index in [1.54, 1.807) is 24.3 Å². The van der Waals surface area contributed by atoms with Crippen LogP contribution in [0.1, 0.15) is 76.7 Å². The summed E-state index contributed by atoms with van der Waals surface area (Å²) in [6.45, 7) is 0. The molecule has 0 aliphatic heterocycles. The van der Waals surface area contributed by atoms with E-state index in [1.165, 1.54) is 37.0 Å². The molecular formula is C29H28F3N7O2. The highest BCUT2D eigenvalue weighted by molar-refractivity contribution is 6.03. The molecule has 0 radical (unpaired) electrons. The Kier molecular flexibility index (Phi) is 8.27. The second-order valence-corrected chi connectivity index (χ2v) is 9.92. The molecule has 1 unspecified atom stereocenters. The fourth-order valence-corrected chi connectivity index (χ4v) is 5.04. The first kappa shape index (κ1) is 27.8. The molecule has 1 saturated carbocycles. The Hall–Kier alpha value is -4.74. The number of H-pyrrole nitrogens is 1. The highest BCUT2D eigenvalue weighted by atomic mass is 19.4. The molecule has 212 valence electrons. The van der Waals surface area contributed by atoms with Crippen molar-refractivity contribution in [3.63, 3.8) is 0 Å². The normalized spacial score (nSPS) is 14.7. The number of aromatic nitrogens is 4. The zero-order valence-electron chi connectivity index (χ0n) is 21.9. The van der Waals surface area contributed by atoms with Crippen molar-refractivity contribution in [3.8, 4) is 0 Å². The first-order valence-corrected chi connectivity index (χ1v) is 13.3. The van der Waals surface area contributed by atoms with Gasteiger partial charge in [0, 0.05) is 11.3 Å². The van der Waals surface area contributed by atoms with E-state index in [2.05, 4.69) is 48.7 Å². The fraction of sp³-hybridized carbons (Fsp3) is 0.276. The van der Waals surface area contributed by atoms with Crippen LogP contribution in [-0.2, 0) is 6.18 Å². The number of carbonyl (C=O) groups is 2. The van der Waals surface area contributed by atoms with Gasteiger partial charge in [-0.15, -0.1) is 5.10 Å². The summed E-state index contributed by atoms with van der Waals surface area (Å²) in [6.07, 6.45) is 1.43. The fourth-order valence-electron chi connectivity index (χ4n) is 5.04. The van der Waals surface area contributed by atoms with Gasteiger partial charge in [0.1, 0.15) is 0 Å². The average molecular weight is 564 g/mol. The van der Waals surface area contributed by atoms with Crippen LogP contribution in [0, 0.1) is 0 Å². The van der Waals surface area contributed by atoms with Crippen LogP contribution in [0.4, 0.5) is 29.6 Å². The van der Waals surface area contributed by atoms with Gasteiger partial charge < -0.3 is 10.6 Å². The van der Waals surface area contributed by atoms with E-state index in [-0.39, 0.29) is 11.6 Å². The zero-order valence-corrected chi connectivity index (χ0v) is 21.9. The Labute approximate surface area is 233 Å². The van der Waals surface area contributed by atoms with E-state index in [0.717, 1.165) is 30.5 Å². The lowest BCUT2D eigenvalue weighted by atomic mass is 9.83. The lowest BCUT2D eigenvalue weighted by molar-refractivity contribution is -0.137. The van der Waals surface area contributed by atoms with Crippen molar-refractivity contribution in [3.05, 3.63) is 101 Å². The van der Waals surface area contributed by atoms with Crippen molar-refractivity contribution >= 4 is 23.6 Å². The summed E-state index contributed by atoms with van der Waals surface area (Å²) in [5.41, 5.74) is 2.18. The molecule has 1 aliphatic carbocycles. The van der Waals surface area contributed by atoms with Gasteiger partial charge in [-0.3, -0.25) is 10.1 Å². The first-order chi connectivity index (χ1) is 19.8. The number of halogens is 3. The third-order valence-corrected chi connectivity index (χ3v) is 7.15. The Bertz CT molecular complexity index is 1470. The summed E-state index contributed by atoms with van der Waals surface area (Å²) in [7, 11) is 0. The standard InChI is InChI=1S/C29H28F3N7O2/c30-29(31,32)23-7-4-8-24(17-23)33-28(41)34-25(20-11-9-19(10-12-20)18-5-2-1-3-6-18)21-13-15-22(16-14-21)26(40)35-27-36-38-39-37-27/h4,7-18,25H,1-3,5-6H2,(H2,33,34,41)(H2,35,36,37,38,39,40). The van der Waals surface area contributed by atoms with Gasteiger partial charge in [0.2, 0.25) is 0 Å². The maximum atomic E-state index is 13.2. The monoisotopic (exact) mass is 563 g/mol. The minimum Gasteiger partial charge on any atom is -0.327 e. The van der Waals surface area contributed by atoms with Gasteiger partial charge in [-0.05, 0) is 71.0 Å². The van der Waals surface area contributed by atoms with Crippen LogP contribution in [0.3, 0.4) is 0 Å². The number of anilines is 2. The largest absolute Gasteiger partial charge is 0.416 e. The van der Waals surface area contributed by atoms with E-state index in [9.17, 15) is 22.8 Å². The van der Waals surface area contributed by atoms with Crippen LogP contribution in [0.25, 0.3) is 0 Å². The molecule has 1 fully saturated rings. The molecule has 41 heavy (non-hydrogen) atoms. The summed E-state index contributed by atoms with van der Waals surface area (Å²) < 4.78 is 39.5. The van der Waals surface area contributed by atoms with E-state index < -0.39 is 29.7 Å². The topological polar surface area (TPSA) is 125 Å². The number of carbonyl (C=O) groups excluding carboxylic acids is 2. The third-order valence-electron chi connectivity index (χ3n) is 7.15. The maximum Gasteiger partial charge on any atom is 0.416 e. The van der Waals surface area contributed by atoms with Gasteiger partial charge >= 0.3 is 12.2 Å². The van der Waals surface area contributed by atoms with Gasteiger partial charge in [0.15, 0.2) is 0 Å². The van der Waals surface area contributed by atoms with Gasteiger partial charge in [0.05, 0.1) is 11.6 Å². The highest BCUT2D eigenvalue weighted by Crippen LogP contribution is 2.34. The molecule has 1 aliphatic rings. The van der Waals surface area contributed by atoms with Crippen molar-refractivity contribution in [2.24, 2.45) is 0 Å². The summed E-state index contributed by atoms with van der Waals surface area (Å²) in [4.78, 5) is 25.5. The summed E-state index contributed by atoms with van der Waals surface area (Å²) in [5, 5.41) is 20.9. The Morgan fingerprint density at radius 1 is 0.878 bits per heavy atom. The van der Waals surface area contributed by atoms with Gasteiger partial charge in [-0.2, -0.15) is 18.4 Å².